The van der Waals surface area contributed by atoms with Gasteiger partial charge in [-0.15, -0.1) is 0 Å². The van der Waals surface area contributed by atoms with Crippen molar-refractivity contribution in [2.75, 3.05) is 4.90 Å². The summed E-state index contributed by atoms with van der Waals surface area (Å²) in [5, 5.41) is 4.84. The standard InChI is InChI=1S/C32H21NOS/c1-2-13-24(14-3-1)33(27-17-10-20-30-32(27)34-28-18-8-9-19-29(28)35-30)31-25-15-6-4-11-22(25)21-23-12-5-7-16-26(23)31/h1-21H. The highest BCUT2D eigenvalue weighted by atomic mass is 32.2. The van der Waals surface area contributed by atoms with Crippen molar-refractivity contribution in [1.29, 1.82) is 0 Å². The average molecular weight is 468 g/mol. The lowest BCUT2D eigenvalue weighted by molar-refractivity contribution is 0.456. The van der Waals surface area contributed by atoms with Crippen LogP contribution in [0.3, 0.4) is 0 Å². The first kappa shape index (κ1) is 20.2. The third-order valence-electron chi connectivity index (χ3n) is 6.46. The van der Waals surface area contributed by atoms with E-state index >= 15 is 0 Å². The maximum absolute atomic E-state index is 6.59. The van der Waals surface area contributed by atoms with Crippen molar-refractivity contribution >= 4 is 50.4 Å². The van der Waals surface area contributed by atoms with Crippen LogP contribution in [0.4, 0.5) is 17.1 Å². The van der Waals surface area contributed by atoms with Crippen LogP contribution in [0.5, 0.6) is 11.5 Å². The van der Waals surface area contributed by atoms with Crippen LogP contribution in [0.2, 0.25) is 0 Å². The fourth-order valence-corrected chi connectivity index (χ4v) is 5.89. The van der Waals surface area contributed by atoms with Crippen LogP contribution in [0, 0.1) is 0 Å². The molecule has 0 aliphatic carbocycles. The molecule has 3 heteroatoms. The average Bonchev–Trinajstić information content (AvgIpc) is 2.92. The Morgan fingerprint density at radius 1 is 0.543 bits per heavy atom. The van der Waals surface area contributed by atoms with Crippen molar-refractivity contribution in [3.05, 3.63) is 127 Å². The molecule has 0 unspecified atom stereocenters. The first-order valence-corrected chi connectivity index (χ1v) is 12.5. The van der Waals surface area contributed by atoms with Crippen LogP contribution < -0.4 is 9.64 Å². The lowest BCUT2D eigenvalue weighted by Crippen LogP contribution is -2.13. The molecule has 35 heavy (non-hydrogen) atoms. The smallest absolute Gasteiger partial charge is 0.165 e. The van der Waals surface area contributed by atoms with E-state index in [0.29, 0.717) is 0 Å². The lowest BCUT2D eigenvalue weighted by Gasteiger charge is -2.31. The van der Waals surface area contributed by atoms with Crippen molar-refractivity contribution in [2.45, 2.75) is 9.79 Å². The normalized spacial score (nSPS) is 12.1. The van der Waals surface area contributed by atoms with Crippen LogP contribution in [-0.4, -0.2) is 0 Å². The van der Waals surface area contributed by atoms with E-state index in [-0.39, 0.29) is 0 Å². The summed E-state index contributed by atoms with van der Waals surface area (Å²) in [7, 11) is 0. The number of nitrogens with zero attached hydrogens (tertiary/aromatic N) is 1. The molecule has 1 heterocycles. The summed E-state index contributed by atoms with van der Waals surface area (Å²) in [5.41, 5.74) is 3.28. The first-order chi connectivity index (χ1) is 17.4. The van der Waals surface area contributed by atoms with Gasteiger partial charge in [-0.3, -0.25) is 0 Å². The molecule has 7 rings (SSSR count). The zero-order valence-electron chi connectivity index (χ0n) is 18.9. The highest BCUT2D eigenvalue weighted by molar-refractivity contribution is 7.99. The van der Waals surface area contributed by atoms with E-state index in [1.165, 1.54) is 21.5 Å². The molecule has 0 saturated heterocycles. The van der Waals surface area contributed by atoms with Gasteiger partial charge in [0.2, 0.25) is 0 Å². The molecule has 0 atom stereocenters. The SMILES string of the molecule is c1ccc(N(c2cccc3c2Oc2ccccc2S3)c2c3ccccc3cc3ccccc23)cc1. The summed E-state index contributed by atoms with van der Waals surface area (Å²) >= 11 is 1.76. The number of hydrogen-bond donors (Lipinski definition) is 0. The summed E-state index contributed by atoms with van der Waals surface area (Å²) < 4.78 is 6.59. The van der Waals surface area contributed by atoms with Gasteiger partial charge in [-0.1, -0.05) is 96.7 Å². The van der Waals surface area contributed by atoms with Gasteiger partial charge in [0, 0.05) is 16.5 Å². The van der Waals surface area contributed by atoms with Crippen LogP contribution in [-0.2, 0) is 0 Å². The molecule has 6 aromatic carbocycles. The Hall–Kier alpha value is -4.21. The summed E-state index contributed by atoms with van der Waals surface area (Å²) in [6.45, 7) is 0. The molecule has 2 nitrogen and oxygen atoms in total. The highest BCUT2D eigenvalue weighted by Gasteiger charge is 2.26. The minimum absolute atomic E-state index is 0.886. The second kappa shape index (κ2) is 8.23. The van der Waals surface area contributed by atoms with Crippen LogP contribution in [0.25, 0.3) is 21.5 Å². The fourth-order valence-electron chi connectivity index (χ4n) is 4.91. The van der Waals surface area contributed by atoms with Crippen LogP contribution in [0.15, 0.2) is 137 Å². The molecule has 0 amide bonds. The number of benzene rings is 6. The topological polar surface area (TPSA) is 12.5 Å². The zero-order valence-corrected chi connectivity index (χ0v) is 19.7. The zero-order chi connectivity index (χ0) is 23.2. The van der Waals surface area contributed by atoms with Gasteiger partial charge in [-0.25, -0.2) is 0 Å². The van der Waals surface area contributed by atoms with E-state index in [0.717, 1.165) is 38.4 Å². The van der Waals surface area contributed by atoms with Crippen molar-refractivity contribution < 1.29 is 4.74 Å². The minimum Gasteiger partial charge on any atom is -0.453 e. The first-order valence-electron chi connectivity index (χ1n) is 11.7. The summed E-state index contributed by atoms with van der Waals surface area (Å²) in [6.07, 6.45) is 0. The van der Waals surface area contributed by atoms with Gasteiger partial charge in [-0.05, 0) is 53.2 Å². The quantitative estimate of drug-likeness (QED) is 0.240. The van der Waals surface area contributed by atoms with Crippen molar-refractivity contribution in [3.8, 4) is 11.5 Å². The van der Waals surface area contributed by atoms with Gasteiger partial charge in [0.1, 0.15) is 5.75 Å². The van der Waals surface area contributed by atoms with E-state index in [1.807, 2.05) is 12.1 Å². The predicted molar refractivity (Wildman–Crippen MR) is 147 cm³/mol. The second-order valence-electron chi connectivity index (χ2n) is 8.59. The maximum atomic E-state index is 6.59. The molecule has 6 aromatic rings. The molecule has 0 radical (unpaired) electrons. The molecule has 166 valence electrons. The second-order valence-corrected chi connectivity index (χ2v) is 9.68. The Kier molecular flexibility index (Phi) is 4.74. The number of fused-ring (bicyclic) bond motifs is 4. The Morgan fingerprint density at radius 2 is 1.17 bits per heavy atom. The molecule has 0 saturated carbocycles. The summed E-state index contributed by atoms with van der Waals surface area (Å²) in [5.74, 6) is 1.78. The van der Waals surface area contributed by atoms with Gasteiger partial charge in [0.15, 0.2) is 5.75 Å². The van der Waals surface area contributed by atoms with E-state index < -0.39 is 0 Å². The Morgan fingerprint density at radius 3 is 1.94 bits per heavy atom. The van der Waals surface area contributed by atoms with Crippen LogP contribution >= 0.6 is 11.8 Å². The molecular formula is C32H21NOS. The molecule has 0 spiro atoms. The Bertz CT molecular complexity index is 1660. The largest absolute Gasteiger partial charge is 0.453 e. The van der Waals surface area contributed by atoms with Gasteiger partial charge < -0.3 is 9.64 Å². The summed E-state index contributed by atoms with van der Waals surface area (Å²) in [4.78, 5) is 4.61. The molecule has 1 aliphatic heterocycles. The predicted octanol–water partition coefficient (Wildman–Crippen LogP) is 9.72. The van der Waals surface area contributed by atoms with E-state index in [9.17, 15) is 0 Å². The number of rotatable bonds is 3. The van der Waals surface area contributed by atoms with Crippen molar-refractivity contribution in [1.82, 2.24) is 0 Å². The van der Waals surface area contributed by atoms with Gasteiger partial charge in [0.05, 0.1) is 21.2 Å². The molecule has 0 aromatic heterocycles. The van der Waals surface area contributed by atoms with Crippen molar-refractivity contribution in [3.63, 3.8) is 0 Å². The molecule has 0 N–H and O–H groups in total. The lowest BCUT2D eigenvalue weighted by atomic mass is 9.99. The number of anilines is 3. The summed E-state index contributed by atoms with van der Waals surface area (Å²) in [6, 6.07) is 44.8. The fraction of sp³-hybridized carbons (Fsp3) is 0. The minimum atomic E-state index is 0.886. The molecular weight excluding hydrogens is 446 g/mol. The van der Waals surface area contributed by atoms with E-state index in [2.05, 4.69) is 120 Å². The van der Waals surface area contributed by atoms with Gasteiger partial charge in [0.25, 0.3) is 0 Å². The van der Waals surface area contributed by atoms with Gasteiger partial charge >= 0.3 is 0 Å². The van der Waals surface area contributed by atoms with E-state index in [1.54, 1.807) is 11.8 Å². The molecule has 0 bridgehead atoms. The van der Waals surface area contributed by atoms with Crippen molar-refractivity contribution in [2.24, 2.45) is 0 Å². The monoisotopic (exact) mass is 467 g/mol. The number of hydrogen-bond acceptors (Lipinski definition) is 3. The third kappa shape index (κ3) is 3.36. The molecule has 1 aliphatic rings. The number of para-hydroxylation sites is 3. The van der Waals surface area contributed by atoms with E-state index in [4.69, 9.17) is 4.74 Å². The third-order valence-corrected chi connectivity index (χ3v) is 7.56. The Balaban J connectivity index is 1.56. The maximum Gasteiger partial charge on any atom is 0.165 e. The molecule has 0 fully saturated rings. The van der Waals surface area contributed by atoms with Gasteiger partial charge in [-0.2, -0.15) is 0 Å². The highest BCUT2D eigenvalue weighted by Crippen LogP contribution is 2.54. The van der Waals surface area contributed by atoms with Crippen LogP contribution in [0.1, 0.15) is 0 Å². The Labute approximate surface area is 208 Å². The number of ether oxygens (including phenoxy) is 1.